The lowest BCUT2D eigenvalue weighted by atomic mass is 9.90. The van der Waals surface area contributed by atoms with Crippen molar-refractivity contribution in [2.24, 2.45) is 0 Å². The highest BCUT2D eigenvalue weighted by Gasteiger charge is 2.29. The van der Waals surface area contributed by atoms with Gasteiger partial charge in [-0.05, 0) is 68.5 Å². The van der Waals surface area contributed by atoms with Gasteiger partial charge in [0.25, 0.3) is 0 Å². The highest BCUT2D eigenvalue weighted by atomic mass is 16.6. The Morgan fingerprint density at radius 2 is 1.76 bits per heavy atom. The average molecular weight is 557 g/mol. The van der Waals surface area contributed by atoms with Gasteiger partial charge in [0.05, 0.1) is 29.3 Å². The summed E-state index contributed by atoms with van der Waals surface area (Å²) in [6, 6.07) is 18.1. The van der Waals surface area contributed by atoms with Gasteiger partial charge in [-0.3, -0.25) is 9.59 Å². The Hall–Kier alpha value is -4.46. The molecule has 0 bridgehead atoms. The molecule has 0 aliphatic rings. The largest absolute Gasteiger partial charge is 0.481 e. The third-order valence-corrected chi connectivity index (χ3v) is 6.62. The van der Waals surface area contributed by atoms with Gasteiger partial charge in [0.1, 0.15) is 17.9 Å². The van der Waals surface area contributed by atoms with E-state index >= 15 is 0 Å². The molecule has 2 heterocycles. The molecule has 2 aromatic carbocycles. The molecule has 0 saturated carbocycles. The molecular weight excluding hydrogens is 520 g/mol. The number of ether oxygens (including phenoxy) is 2. The standard InChI is InChI=1S/C33H36N2O6/c1-6-10-24-19-35-25(15-13-21(2)30(35)34-24)20-40-31(38)27(18-29(36)37)23-14-16-26(22-11-8-7-9-12-22)28(17-23)32(39)41-33(3,4)5/h7-9,11-17,19,27H,6,10,18,20H2,1-5H3,(H,36,37). The molecule has 1 unspecified atom stereocenters. The van der Waals surface area contributed by atoms with Gasteiger partial charge < -0.3 is 19.0 Å². The minimum absolute atomic E-state index is 0.0608. The predicted octanol–water partition coefficient (Wildman–Crippen LogP) is 6.52. The Morgan fingerprint density at radius 1 is 1.02 bits per heavy atom. The van der Waals surface area contributed by atoms with E-state index in [9.17, 15) is 19.5 Å². The first-order chi connectivity index (χ1) is 19.5. The molecule has 0 saturated heterocycles. The molecule has 0 spiro atoms. The summed E-state index contributed by atoms with van der Waals surface area (Å²) in [6.45, 7) is 9.31. The molecule has 214 valence electrons. The van der Waals surface area contributed by atoms with E-state index in [0.29, 0.717) is 11.1 Å². The van der Waals surface area contributed by atoms with Crippen LogP contribution in [-0.4, -0.2) is 38.0 Å². The first-order valence-electron chi connectivity index (χ1n) is 13.7. The lowest BCUT2D eigenvalue weighted by Crippen LogP contribution is -2.25. The summed E-state index contributed by atoms with van der Waals surface area (Å²) in [7, 11) is 0. The number of hydrogen-bond acceptors (Lipinski definition) is 6. The predicted molar refractivity (Wildman–Crippen MR) is 156 cm³/mol. The van der Waals surface area contributed by atoms with Crippen LogP contribution in [0, 0.1) is 6.92 Å². The van der Waals surface area contributed by atoms with Crippen molar-refractivity contribution in [1.29, 1.82) is 0 Å². The summed E-state index contributed by atoms with van der Waals surface area (Å²) in [5, 5.41) is 9.66. The fourth-order valence-corrected chi connectivity index (χ4v) is 4.70. The molecule has 0 amide bonds. The maximum Gasteiger partial charge on any atom is 0.339 e. The van der Waals surface area contributed by atoms with Crippen LogP contribution >= 0.6 is 0 Å². The molecule has 8 nitrogen and oxygen atoms in total. The molecular formula is C33H36N2O6. The Labute approximate surface area is 239 Å². The molecule has 0 fully saturated rings. The Bertz CT molecular complexity index is 1570. The number of nitrogens with zero attached hydrogens (tertiary/aromatic N) is 2. The Kier molecular flexibility index (Phi) is 8.91. The number of aryl methyl sites for hydroxylation is 2. The normalized spacial score (nSPS) is 12.2. The zero-order chi connectivity index (χ0) is 29.7. The van der Waals surface area contributed by atoms with E-state index in [-0.39, 0.29) is 12.2 Å². The minimum atomic E-state index is -1.16. The fraction of sp³-hybridized carbons (Fsp3) is 0.333. The summed E-state index contributed by atoms with van der Waals surface area (Å²) in [5.74, 6) is -3.55. The zero-order valence-corrected chi connectivity index (χ0v) is 24.1. The summed E-state index contributed by atoms with van der Waals surface area (Å²) in [4.78, 5) is 43.2. The van der Waals surface area contributed by atoms with Crippen LogP contribution in [0.3, 0.4) is 0 Å². The minimum Gasteiger partial charge on any atom is -0.481 e. The van der Waals surface area contributed by atoms with Crippen LogP contribution in [-0.2, 0) is 32.1 Å². The van der Waals surface area contributed by atoms with E-state index in [4.69, 9.17) is 14.5 Å². The van der Waals surface area contributed by atoms with Crippen LogP contribution in [0.5, 0.6) is 0 Å². The van der Waals surface area contributed by atoms with E-state index in [1.165, 1.54) is 0 Å². The number of fused-ring (bicyclic) bond motifs is 1. The van der Waals surface area contributed by atoms with E-state index in [1.54, 1.807) is 39.0 Å². The van der Waals surface area contributed by atoms with Gasteiger partial charge in [-0.25, -0.2) is 9.78 Å². The number of carboxylic acids is 1. The summed E-state index contributed by atoms with van der Waals surface area (Å²) in [6.07, 6.45) is 3.24. The number of carbonyl (C=O) groups excluding carboxylic acids is 2. The van der Waals surface area contributed by atoms with Crippen molar-refractivity contribution < 1.29 is 29.0 Å². The number of imidazole rings is 1. The van der Waals surface area contributed by atoms with Crippen molar-refractivity contribution in [1.82, 2.24) is 9.38 Å². The quantitative estimate of drug-likeness (QED) is 0.222. The van der Waals surface area contributed by atoms with E-state index in [1.807, 2.05) is 60.0 Å². The van der Waals surface area contributed by atoms with Crippen molar-refractivity contribution in [3.63, 3.8) is 0 Å². The number of rotatable bonds is 10. The highest BCUT2D eigenvalue weighted by molar-refractivity contribution is 5.98. The molecule has 0 aliphatic heterocycles. The maximum atomic E-state index is 13.4. The lowest BCUT2D eigenvalue weighted by molar-refractivity contribution is -0.150. The van der Waals surface area contributed by atoms with Gasteiger partial charge in [0.2, 0.25) is 0 Å². The van der Waals surface area contributed by atoms with Crippen molar-refractivity contribution >= 4 is 23.6 Å². The molecule has 2 aromatic heterocycles. The number of pyridine rings is 1. The Morgan fingerprint density at radius 3 is 2.41 bits per heavy atom. The third kappa shape index (κ3) is 7.20. The number of carbonyl (C=O) groups is 3. The first kappa shape index (κ1) is 29.5. The van der Waals surface area contributed by atoms with E-state index in [2.05, 4.69) is 6.92 Å². The van der Waals surface area contributed by atoms with Crippen LogP contribution < -0.4 is 0 Å². The van der Waals surface area contributed by atoms with Crippen molar-refractivity contribution in [2.45, 2.75) is 72.0 Å². The number of aliphatic carboxylic acids is 1. The molecule has 4 rings (SSSR count). The molecule has 4 aromatic rings. The SMILES string of the molecule is CCCc1cn2c(COC(=O)C(CC(=O)O)c3ccc(-c4ccccc4)c(C(=O)OC(C)(C)C)c3)ccc(C)c2n1. The number of carboxylic acid groups (broad SMARTS) is 1. The van der Waals surface area contributed by atoms with Gasteiger partial charge in [-0.15, -0.1) is 0 Å². The molecule has 1 N–H and O–H groups in total. The van der Waals surface area contributed by atoms with Gasteiger partial charge in [-0.1, -0.05) is 61.9 Å². The highest BCUT2D eigenvalue weighted by Crippen LogP contribution is 2.31. The second-order valence-electron chi connectivity index (χ2n) is 11.1. The second kappa shape index (κ2) is 12.4. The monoisotopic (exact) mass is 556 g/mol. The molecule has 1 atom stereocenters. The molecule has 8 heteroatoms. The van der Waals surface area contributed by atoms with E-state index < -0.39 is 35.8 Å². The van der Waals surface area contributed by atoms with Gasteiger partial charge in [0.15, 0.2) is 0 Å². The van der Waals surface area contributed by atoms with Crippen LogP contribution in [0.2, 0.25) is 0 Å². The number of aromatic nitrogens is 2. The van der Waals surface area contributed by atoms with Crippen LogP contribution in [0.4, 0.5) is 0 Å². The summed E-state index contributed by atoms with van der Waals surface area (Å²) >= 11 is 0. The number of esters is 2. The van der Waals surface area contributed by atoms with Crippen LogP contribution in [0.25, 0.3) is 16.8 Å². The number of hydrogen-bond donors (Lipinski definition) is 1. The fourth-order valence-electron chi connectivity index (χ4n) is 4.70. The Balaban J connectivity index is 1.67. The second-order valence-corrected chi connectivity index (χ2v) is 11.1. The van der Waals surface area contributed by atoms with Crippen LogP contribution in [0.1, 0.15) is 79.3 Å². The van der Waals surface area contributed by atoms with Crippen molar-refractivity contribution in [3.05, 3.63) is 94.9 Å². The van der Waals surface area contributed by atoms with Gasteiger partial charge >= 0.3 is 17.9 Å². The first-order valence-corrected chi connectivity index (χ1v) is 13.7. The van der Waals surface area contributed by atoms with Gasteiger partial charge in [0, 0.05) is 6.20 Å². The average Bonchev–Trinajstić information content (AvgIpc) is 3.35. The van der Waals surface area contributed by atoms with Crippen molar-refractivity contribution in [3.8, 4) is 11.1 Å². The zero-order valence-electron chi connectivity index (χ0n) is 24.1. The third-order valence-electron chi connectivity index (χ3n) is 6.62. The molecule has 0 radical (unpaired) electrons. The van der Waals surface area contributed by atoms with E-state index in [0.717, 1.165) is 41.0 Å². The lowest BCUT2D eigenvalue weighted by Gasteiger charge is -2.22. The summed E-state index contributed by atoms with van der Waals surface area (Å²) < 4.78 is 13.3. The maximum absolute atomic E-state index is 13.4. The molecule has 41 heavy (non-hydrogen) atoms. The smallest absolute Gasteiger partial charge is 0.339 e. The van der Waals surface area contributed by atoms with Gasteiger partial charge in [-0.2, -0.15) is 0 Å². The van der Waals surface area contributed by atoms with Crippen LogP contribution in [0.15, 0.2) is 66.9 Å². The molecule has 0 aliphatic carbocycles. The summed E-state index contributed by atoms with van der Waals surface area (Å²) in [5.41, 5.74) is 4.74. The van der Waals surface area contributed by atoms with Crippen molar-refractivity contribution in [2.75, 3.05) is 0 Å². The topological polar surface area (TPSA) is 107 Å². The number of benzene rings is 2.